The van der Waals surface area contributed by atoms with Gasteiger partial charge in [0.25, 0.3) is 0 Å². The average molecular weight is 222 g/mol. The lowest BCUT2D eigenvalue weighted by atomic mass is 10.2. The lowest BCUT2D eigenvalue weighted by Gasteiger charge is -2.31. The SMILES string of the molecule is CO[Si](OC)(OC)C(CN)CCCN. The molecule has 0 aliphatic rings. The normalized spacial score (nSPS) is 14.4. The minimum atomic E-state index is -2.56. The molecule has 86 valence electrons. The highest BCUT2D eigenvalue weighted by atomic mass is 28.4. The summed E-state index contributed by atoms with van der Waals surface area (Å²) in [5, 5.41) is 0. The summed E-state index contributed by atoms with van der Waals surface area (Å²) in [6.07, 6.45) is 1.79. The summed E-state index contributed by atoms with van der Waals surface area (Å²) >= 11 is 0. The zero-order valence-corrected chi connectivity index (χ0v) is 10.3. The zero-order chi connectivity index (χ0) is 11.0. The van der Waals surface area contributed by atoms with Gasteiger partial charge in [-0.1, -0.05) is 0 Å². The van der Waals surface area contributed by atoms with Gasteiger partial charge in [0.1, 0.15) is 0 Å². The maximum Gasteiger partial charge on any atom is 0.504 e. The van der Waals surface area contributed by atoms with Gasteiger partial charge in [-0.2, -0.15) is 0 Å². The summed E-state index contributed by atoms with van der Waals surface area (Å²) in [4.78, 5) is 0. The molecule has 1 atom stereocenters. The van der Waals surface area contributed by atoms with Crippen molar-refractivity contribution in [1.82, 2.24) is 0 Å². The first-order chi connectivity index (χ1) is 6.70. The second-order valence-electron chi connectivity index (χ2n) is 3.08. The van der Waals surface area contributed by atoms with Crippen LogP contribution in [0.15, 0.2) is 0 Å². The van der Waals surface area contributed by atoms with Crippen LogP contribution in [0.5, 0.6) is 0 Å². The van der Waals surface area contributed by atoms with E-state index in [9.17, 15) is 0 Å². The molecule has 0 amide bonds. The second kappa shape index (κ2) is 7.33. The molecule has 6 heteroatoms. The third-order valence-corrected chi connectivity index (χ3v) is 5.63. The van der Waals surface area contributed by atoms with E-state index in [1.54, 1.807) is 21.3 Å². The van der Waals surface area contributed by atoms with Crippen LogP contribution in [0.2, 0.25) is 5.54 Å². The quantitative estimate of drug-likeness (QED) is 0.562. The lowest BCUT2D eigenvalue weighted by Crippen LogP contribution is -2.50. The molecule has 0 aromatic heterocycles. The second-order valence-corrected chi connectivity index (χ2v) is 6.33. The highest BCUT2D eigenvalue weighted by molar-refractivity contribution is 6.62. The minimum Gasteiger partial charge on any atom is -0.377 e. The van der Waals surface area contributed by atoms with E-state index in [4.69, 9.17) is 24.7 Å². The van der Waals surface area contributed by atoms with E-state index in [-0.39, 0.29) is 5.54 Å². The molecule has 0 fully saturated rings. The zero-order valence-electron chi connectivity index (χ0n) is 9.29. The Morgan fingerprint density at radius 1 is 1.07 bits per heavy atom. The molecule has 0 heterocycles. The van der Waals surface area contributed by atoms with E-state index in [0.29, 0.717) is 13.1 Å². The van der Waals surface area contributed by atoms with Gasteiger partial charge in [0.15, 0.2) is 0 Å². The topological polar surface area (TPSA) is 79.7 Å². The van der Waals surface area contributed by atoms with E-state index in [2.05, 4.69) is 0 Å². The van der Waals surface area contributed by atoms with Gasteiger partial charge in [0.2, 0.25) is 0 Å². The molecule has 0 aliphatic heterocycles. The predicted octanol–water partition coefficient (Wildman–Crippen LogP) is -0.0677. The Labute approximate surface area is 87.1 Å². The maximum absolute atomic E-state index is 5.68. The molecule has 1 unspecified atom stereocenters. The molecule has 0 aromatic rings. The van der Waals surface area contributed by atoms with Crippen LogP contribution in [0.3, 0.4) is 0 Å². The van der Waals surface area contributed by atoms with Crippen molar-refractivity contribution in [3.05, 3.63) is 0 Å². The van der Waals surface area contributed by atoms with Gasteiger partial charge in [0, 0.05) is 26.9 Å². The van der Waals surface area contributed by atoms with Gasteiger partial charge in [-0.25, -0.2) is 0 Å². The van der Waals surface area contributed by atoms with Crippen molar-refractivity contribution < 1.29 is 13.3 Å². The van der Waals surface area contributed by atoms with E-state index in [1.807, 2.05) is 0 Å². The van der Waals surface area contributed by atoms with Gasteiger partial charge in [-0.05, 0) is 25.9 Å². The Hall–Kier alpha value is 0.0169. The molecule has 0 aliphatic carbocycles. The first-order valence-electron chi connectivity index (χ1n) is 4.76. The summed E-state index contributed by atoms with van der Waals surface area (Å²) < 4.78 is 16.1. The highest BCUT2D eigenvalue weighted by Gasteiger charge is 2.45. The summed E-state index contributed by atoms with van der Waals surface area (Å²) in [6, 6.07) is 0. The van der Waals surface area contributed by atoms with Gasteiger partial charge in [-0.3, -0.25) is 0 Å². The number of rotatable bonds is 8. The van der Waals surface area contributed by atoms with Gasteiger partial charge >= 0.3 is 8.80 Å². The summed E-state index contributed by atoms with van der Waals surface area (Å²) in [5.74, 6) is 0. The predicted molar refractivity (Wildman–Crippen MR) is 57.9 cm³/mol. The maximum atomic E-state index is 5.68. The van der Waals surface area contributed by atoms with Gasteiger partial charge in [-0.15, -0.1) is 0 Å². The fraction of sp³-hybridized carbons (Fsp3) is 1.00. The van der Waals surface area contributed by atoms with Crippen LogP contribution in [0, 0.1) is 0 Å². The molecule has 0 saturated heterocycles. The molecule has 0 aromatic carbocycles. The molecule has 0 spiro atoms. The average Bonchev–Trinajstić information content (AvgIpc) is 2.25. The Kier molecular flexibility index (Phi) is 7.34. The van der Waals surface area contributed by atoms with Crippen molar-refractivity contribution in [2.75, 3.05) is 34.4 Å². The standard InChI is InChI=1S/C8H22N2O3Si/c1-11-14(12-2,13-3)8(7-10)5-4-6-9/h8H,4-7,9-10H2,1-3H3. The number of hydrogen-bond donors (Lipinski definition) is 2. The number of nitrogens with two attached hydrogens (primary N) is 2. The fourth-order valence-electron chi connectivity index (χ4n) is 1.55. The van der Waals surface area contributed by atoms with Crippen molar-refractivity contribution in [2.45, 2.75) is 18.4 Å². The third-order valence-electron chi connectivity index (χ3n) is 2.39. The number of hydrogen-bond acceptors (Lipinski definition) is 5. The molecule has 0 bridgehead atoms. The lowest BCUT2D eigenvalue weighted by molar-refractivity contribution is 0.110. The van der Waals surface area contributed by atoms with Crippen LogP contribution in [0.1, 0.15) is 12.8 Å². The molecule has 5 nitrogen and oxygen atoms in total. The van der Waals surface area contributed by atoms with Crippen LogP contribution in [-0.2, 0) is 13.3 Å². The van der Waals surface area contributed by atoms with Crippen molar-refractivity contribution >= 4 is 8.80 Å². The summed E-state index contributed by atoms with van der Waals surface area (Å²) in [5.41, 5.74) is 11.3. The van der Waals surface area contributed by atoms with Crippen LogP contribution in [0.4, 0.5) is 0 Å². The van der Waals surface area contributed by atoms with Gasteiger partial charge in [0.05, 0.1) is 0 Å². The molecule has 0 rings (SSSR count). The third kappa shape index (κ3) is 3.30. The monoisotopic (exact) mass is 222 g/mol. The van der Waals surface area contributed by atoms with Crippen molar-refractivity contribution in [2.24, 2.45) is 11.5 Å². The van der Waals surface area contributed by atoms with E-state index in [1.165, 1.54) is 0 Å². The Morgan fingerprint density at radius 3 is 1.86 bits per heavy atom. The van der Waals surface area contributed by atoms with Crippen molar-refractivity contribution in [3.8, 4) is 0 Å². The molecule has 0 saturated carbocycles. The Bertz CT molecular complexity index is 136. The largest absolute Gasteiger partial charge is 0.504 e. The van der Waals surface area contributed by atoms with Gasteiger partial charge < -0.3 is 24.7 Å². The molecule has 14 heavy (non-hydrogen) atoms. The highest BCUT2D eigenvalue weighted by Crippen LogP contribution is 2.27. The molecular formula is C8H22N2O3Si. The first kappa shape index (κ1) is 14.0. The first-order valence-corrected chi connectivity index (χ1v) is 6.56. The van der Waals surface area contributed by atoms with E-state index < -0.39 is 8.80 Å². The Balaban J connectivity index is 4.40. The summed E-state index contributed by atoms with van der Waals surface area (Å²) in [6.45, 7) is 1.15. The van der Waals surface area contributed by atoms with Crippen molar-refractivity contribution in [3.63, 3.8) is 0 Å². The Morgan fingerprint density at radius 2 is 1.57 bits per heavy atom. The molecule has 0 radical (unpaired) electrons. The molecular weight excluding hydrogens is 200 g/mol. The van der Waals surface area contributed by atoms with Crippen LogP contribution >= 0.6 is 0 Å². The smallest absolute Gasteiger partial charge is 0.377 e. The van der Waals surface area contributed by atoms with Crippen LogP contribution < -0.4 is 11.5 Å². The fourth-order valence-corrected chi connectivity index (χ4v) is 3.90. The van der Waals surface area contributed by atoms with E-state index in [0.717, 1.165) is 12.8 Å². The minimum absolute atomic E-state index is 0.131. The molecule has 4 N–H and O–H groups in total. The summed E-state index contributed by atoms with van der Waals surface area (Å²) in [7, 11) is 2.24. The van der Waals surface area contributed by atoms with E-state index >= 15 is 0 Å². The van der Waals surface area contributed by atoms with Crippen LogP contribution in [-0.4, -0.2) is 43.2 Å². The van der Waals surface area contributed by atoms with Crippen molar-refractivity contribution in [1.29, 1.82) is 0 Å². The van der Waals surface area contributed by atoms with Crippen LogP contribution in [0.25, 0.3) is 0 Å².